The molecule has 0 atom stereocenters. The lowest BCUT2D eigenvalue weighted by atomic mass is 9.86. The van der Waals surface area contributed by atoms with Crippen LogP contribution >= 0.6 is 0 Å². The Morgan fingerprint density at radius 3 is 2.59 bits per heavy atom. The fourth-order valence-electron chi connectivity index (χ4n) is 4.29. The predicted octanol–water partition coefficient (Wildman–Crippen LogP) is 6.12. The Morgan fingerprint density at radius 2 is 1.72 bits per heavy atom. The van der Waals surface area contributed by atoms with Crippen LogP contribution in [0.3, 0.4) is 0 Å². The average molecular weight is 383 g/mol. The minimum Gasteiger partial charge on any atom is -0.307 e. The van der Waals surface area contributed by atoms with E-state index in [1.807, 2.05) is 18.2 Å². The second-order valence-electron chi connectivity index (χ2n) is 7.89. The van der Waals surface area contributed by atoms with E-state index in [9.17, 15) is 0 Å². The van der Waals surface area contributed by atoms with E-state index in [1.165, 1.54) is 37.7 Å². The highest BCUT2D eigenvalue weighted by atomic mass is 15.2. The summed E-state index contributed by atoms with van der Waals surface area (Å²) in [5.74, 6) is 1.88. The molecule has 2 heterocycles. The second-order valence-corrected chi connectivity index (χ2v) is 7.89. The molecule has 1 saturated carbocycles. The van der Waals surface area contributed by atoms with Gasteiger partial charge in [0.1, 0.15) is 0 Å². The van der Waals surface area contributed by atoms with Crippen molar-refractivity contribution in [1.82, 2.24) is 20.2 Å². The maximum Gasteiger partial charge on any atom is 0.229 e. The van der Waals surface area contributed by atoms with E-state index in [-0.39, 0.29) is 0 Å². The van der Waals surface area contributed by atoms with E-state index in [1.54, 1.807) is 0 Å². The number of fused-ring (bicyclic) bond motifs is 1. The van der Waals surface area contributed by atoms with E-state index < -0.39 is 0 Å². The van der Waals surface area contributed by atoms with Crippen molar-refractivity contribution in [3.8, 4) is 11.3 Å². The highest BCUT2D eigenvalue weighted by molar-refractivity contribution is 5.90. The molecular weight excluding hydrogens is 358 g/mol. The van der Waals surface area contributed by atoms with Crippen molar-refractivity contribution in [2.24, 2.45) is 0 Å². The number of aromatic amines is 1. The molecule has 0 spiro atoms. The van der Waals surface area contributed by atoms with Gasteiger partial charge in [-0.05, 0) is 43.5 Å². The van der Waals surface area contributed by atoms with Crippen LogP contribution in [0.25, 0.3) is 22.2 Å². The lowest BCUT2D eigenvalue weighted by Gasteiger charge is -2.22. The van der Waals surface area contributed by atoms with E-state index in [0.717, 1.165) is 33.7 Å². The molecule has 5 rings (SSSR count). The number of hydrogen-bond acceptors (Lipinski definition) is 4. The zero-order valence-electron chi connectivity index (χ0n) is 16.7. The minimum atomic E-state index is 0.506. The summed E-state index contributed by atoms with van der Waals surface area (Å²) in [6.07, 6.45) is 6.29. The topological polar surface area (TPSA) is 66.5 Å². The lowest BCUT2D eigenvalue weighted by molar-refractivity contribution is 0.436. The molecule has 1 aliphatic rings. The van der Waals surface area contributed by atoms with Gasteiger partial charge in [-0.25, -0.2) is 9.97 Å². The highest BCUT2D eigenvalue weighted by Gasteiger charge is 2.20. The summed E-state index contributed by atoms with van der Waals surface area (Å²) in [6.45, 7) is 2.13. The molecule has 0 aliphatic heterocycles. The number of nitrogens with one attached hydrogen (secondary N) is 2. The van der Waals surface area contributed by atoms with Crippen molar-refractivity contribution < 1.29 is 0 Å². The molecule has 29 heavy (non-hydrogen) atoms. The number of aromatic nitrogens is 4. The van der Waals surface area contributed by atoms with Gasteiger partial charge < -0.3 is 5.32 Å². The van der Waals surface area contributed by atoms with Gasteiger partial charge in [0.15, 0.2) is 5.82 Å². The van der Waals surface area contributed by atoms with Gasteiger partial charge in [-0.2, -0.15) is 5.10 Å². The Labute approximate surface area is 170 Å². The Kier molecular flexibility index (Phi) is 4.72. The molecule has 0 radical (unpaired) electrons. The van der Waals surface area contributed by atoms with E-state index >= 15 is 0 Å². The largest absolute Gasteiger partial charge is 0.307 e. The van der Waals surface area contributed by atoms with Crippen LogP contribution in [-0.2, 0) is 0 Å². The highest BCUT2D eigenvalue weighted by Crippen LogP contribution is 2.34. The predicted molar refractivity (Wildman–Crippen MR) is 117 cm³/mol. The fraction of sp³-hybridized carbons (Fsp3) is 0.292. The molecule has 0 bridgehead atoms. The molecule has 146 valence electrons. The molecule has 0 unspecified atom stereocenters. The number of nitrogens with zero attached hydrogens (tertiary/aromatic N) is 3. The summed E-state index contributed by atoms with van der Waals surface area (Å²) in [6, 6.07) is 18.7. The molecule has 2 N–H and O–H groups in total. The monoisotopic (exact) mass is 383 g/mol. The van der Waals surface area contributed by atoms with Crippen molar-refractivity contribution >= 4 is 22.7 Å². The summed E-state index contributed by atoms with van der Waals surface area (Å²) >= 11 is 0. The SMILES string of the molecule is Cc1ccccc1-c1cc(C2CCCCC2)nc(Nc2n[nH]c3ccccc23)n1. The van der Waals surface area contributed by atoms with Gasteiger partial charge in [-0.15, -0.1) is 0 Å². The number of hydrogen-bond donors (Lipinski definition) is 2. The van der Waals surface area contributed by atoms with E-state index in [2.05, 4.69) is 58.8 Å². The Balaban J connectivity index is 1.58. The quantitative estimate of drug-likeness (QED) is 0.445. The molecule has 2 aromatic carbocycles. The van der Waals surface area contributed by atoms with Gasteiger partial charge >= 0.3 is 0 Å². The number of rotatable bonds is 4. The number of anilines is 2. The Hall–Kier alpha value is -3.21. The van der Waals surface area contributed by atoms with Crippen molar-refractivity contribution in [2.75, 3.05) is 5.32 Å². The van der Waals surface area contributed by atoms with Gasteiger partial charge in [0, 0.05) is 22.6 Å². The smallest absolute Gasteiger partial charge is 0.229 e. The van der Waals surface area contributed by atoms with Crippen LogP contribution in [0.15, 0.2) is 54.6 Å². The van der Waals surface area contributed by atoms with Crippen molar-refractivity contribution in [3.63, 3.8) is 0 Å². The minimum absolute atomic E-state index is 0.506. The maximum absolute atomic E-state index is 4.92. The standard InChI is InChI=1S/C24H25N5/c1-16-9-5-6-12-18(16)22-15-21(17-10-3-2-4-11-17)25-24(26-22)27-23-19-13-7-8-14-20(19)28-29-23/h5-9,12-15,17H,2-4,10-11H2,1H3,(H2,25,26,27,28,29). The van der Waals surface area contributed by atoms with Crippen LogP contribution in [-0.4, -0.2) is 20.2 Å². The fourth-order valence-corrected chi connectivity index (χ4v) is 4.29. The summed E-state index contributed by atoms with van der Waals surface area (Å²) in [5.41, 5.74) is 5.48. The van der Waals surface area contributed by atoms with Crippen LogP contribution < -0.4 is 5.32 Å². The maximum atomic E-state index is 4.92. The first kappa shape index (κ1) is 17.9. The molecule has 4 aromatic rings. The van der Waals surface area contributed by atoms with Crippen molar-refractivity contribution in [2.45, 2.75) is 44.9 Å². The zero-order chi connectivity index (χ0) is 19.6. The molecule has 1 fully saturated rings. The number of para-hydroxylation sites is 1. The molecule has 0 amide bonds. The molecule has 5 nitrogen and oxygen atoms in total. The van der Waals surface area contributed by atoms with Crippen molar-refractivity contribution in [1.29, 1.82) is 0 Å². The van der Waals surface area contributed by atoms with Gasteiger partial charge in [0.05, 0.1) is 11.2 Å². The molecule has 0 saturated heterocycles. The molecule has 5 heteroatoms. The number of H-pyrrole nitrogens is 1. The van der Waals surface area contributed by atoms with E-state index in [0.29, 0.717) is 11.9 Å². The van der Waals surface area contributed by atoms with Crippen LogP contribution in [0.2, 0.25) is 0 Å². The summed E-state index contributed by atoms with van der Waals surface area (Å²) in [5, 5.41) is 11.9. The average Bonchev–Trinajstić information content (AvgIpc) is 3.17. The van der Waals surface area contributed by atoms with Gasteiger partial charge in [0.2, 0.25) is 5.95 Å². The lowest BCUT2D eigenvalue weighted by Crippen LogP contribution is -2.10. The first-order valence-electron chi connectivity index (χ1n) is 10.4. The molecule has 1 aliphatic carbocycles. The van der Waals surface area contributed by atoms with Gasteiger partial charge in [0.25, 0.3) is 0 Å². The molecule has 2 aromatic heterocycles. The van der Waals surface area contributed by atoms with Crippen LogP contribution in [0, 0.1) is 6.92 Å². The van der Waals surface area contributed by atoms with Gasteiger partial charge in [-0.3, -0.25) is 5.10 Å². The van der Waals surface area contributed by atoms with E-state index in [4.69, 9.17) is 9.97 Å². The van der Waals surface area contributed by atoms with Crippen LogP contribution in [0.4, 0.5) is 11.8 Å². The number of aryl methyl sites for hydroxylation is 1. The van der Waals surface area contributed by atoms with Crippen LogP contribution in [0.1, 0.15) is 49.3 Å². The Morgan fingerprint density at radius 1 is 0.931 bits per heavy atom. The summed E-state index contributed by atoms with van der Waals surface area (Å²) in [7, 11) is 0. The third-order valence-corrected chi connectivity index (χ3v) is 5.89. The summed E-state index contributed by atoms with van der Waals surface area (Å²) < 4.78 is 0. The van der Waals surface area contributed by atoms with Crippen LogP contribution in [0.5, 0.6) is 0 Å². The molecular formula is C24H25N5. The Bertz CT molecular complexity index is 1140. The third kappa shape index (κ3) is 3.60. The second kappa shape index (κ2) is 7.66. The first-order chi connectivity index (χ1) is 14.3. The normalized spacial score (nSPS) is 14.9. The van der Waals surface area contributed by atoms with Crippen molar-refractivity contribution in [3.05, 3.63) is 65.9 Å². The third-order valence-electron chi connectivity index (χ3n) is 5.89. The van der Waals surface area contributed by atoms with Gasteiger partial charge in [-0.1, -0.05) is 55.7 Å². The number of benzene rings is 2. The first-order valence-corrected chi connectivity index (χ1v) is 10.4. The summed E-state index contributed by atoms with van der Waals surface area (Å²) in [4.78, 5) is 9.78. The zero-order valence-corrected chi connectivity index (χ0v) is 16.7.